The van der Waals surface area contributed by atoms with Gasteiger partial charge in [0, 0.05) is 25.6 Å². The molecule has 1 saturated heterocycles. The summed E-state index contributed by atoms with van der Waals surface area (Å²) in [6, 6.07) is 7.90. The molecule has 2 aliphatic heterocycles. The lowest BCUT2D eigenvalue weighted by Crippen LogP contribution is -2.49. The monoisotopic (exact) mass is 335 g/mol. The van der Waals surface area contributed by atoms with E-state index < -0.39 is 0 Å². The first-order chi connectivity index (χ1) is 11.7. The van der Waals surface area contributed by atoms with E-state index in [1.807, 2.05) is 24.3 Å². The molecule has 0 aromatic heterocycles. The fraction of sp³-hybridized carbons (Fsp3) is 0.684. The molecule has 0 aliphatic carbocycles. The number of para-hydroxylation sites is 2. The molecule has 24 heavy (non-hydrogen) atoms. The van der Waals surface area contributed by atoms with Gasteiger partial charge in [0.05, 0.1) is 19.8 Å². The third-order valence-electron chi connectivity index (χ3n) is 4.77. The van der Waals surface area contributed by atoms with Crippen LogP contribution in [0.5, 0.6) is 11.5 Å². The SMILES string of the molecule is COCCOCC1(C)CCCN(CC2COc3ccccc3O2)C1. The molecule has 2 aliphatic rings. The lowest BCUT2D eigenvalue weighted by Gasteiger charge is -2.41. The van der Waals surface area contributed by atoms with Crippen LogP contribution < -0.4 is 9.47 Å². The van der Waals surface area contributed by atoms with Gasteiger partial charge in [-0.2, -0.15) is 0 Å². The van der Waals surface area contributed by atoms with Crippen molar-refractivity contribution >= 4 is 0 Å². The summed E-state index contributed by atoms with van der Waals surface area (Å²) in [7, 11) is 1.71. The van der Waals surface area contributed by atoms with E-state index in [-0.39, 0.29) is 11.5 Å². The number of likely N-dealkylation sites (tertiary alicyclic amines) is 1. The third kappa shape index (κ3) is 4.62. The van der Waals surface area contributed by atoms with Gasteiger partial charge in [-0.3, -0.25) is 4.90 Å². The second-order valence-electron chi connectivity index (χ2n) is 7.19. The summed E-state index contributed by atoms with van der Waals surface area (Å²) in [5, 5.41) is 0. The van der Waals surface area contributed by atoms with Gasteiger partial charge < -0.3 is 18.9 Å². The van der Waals surface area contributed by atoms with Gasteiger partial charge in [0.1, 0.15) is 12.7 Å². The summed E-state index contributed by atoms with van der Waals surface area (Å²) < 4.78 is 22.8. The van der Waals surface area contributed by atoms with Crippen LogP contribution in [0, 0.1) is 5.41 Å². The minimum absolute atomic E-state index is 0.0941. The van der Waals surface area contributed by atoms with Crippen LogP contribution >= 0.6 is 0 Å². The zero-order valence-electron chi connectivity index (χ0n) is 14.8. The van der Waals surface area contributed by atoms with Crippen molar-refractivity contribution in [1.29, 1.82) is 0 Å². The quantitative estimate of drug-likeness (QED) is 0.716. The molecule has 1 aromatic rings. The molecular formula is C19H29NO4. The number of hydrogen-bond acceptors (Lipinski definition) is 5. The first-order valence-electron chi connectivity index (χ1n) is 8.86. The lowest BCUT2D eigenvalue weighted by atomic mass is 9.82. The van der Waals surface area contributed by atoms with E-state index in [9.17, 15) is 0 Å². The van der Waals surface area contributed by atoms with Gasteiger partial charge in [0.2, 0.25) is 0 Å². The van der Waals surface area contributed by atoms with Gasteiger partial charge in [-0.1, -0.05) is 19.1 Å². The largest absolute Gasteiger partial charge is 0.486 e. The van der Waals surface area contributed by atoms with E-state index in [1.54, 1.807) is 7.11 Å². The number of ether oxygens (including phenoxy) is 4. The van der Waals surface area contributed by atoms with E-state index >= 15 is 0 Å². The van der Waals surface area contributed by atoms with Crippen LogP contribution in [0.2, 0.25) is 0 Å². The fourth-order valence-electron chi connectivity index (χ4n) is 3.60. The van der Waals surface area contributed by atoms with Crippen molar-refractivity contribution in [1.82, 2.24) is 4.90 Å². The third-order valence-corrected chi connectivity index (χ3v) is 4.77. The number of piperidine rings is 1. The number of rotatable bonds is 7. The minimum Gasteiger partial charge on any atom is -0.486 e. The molecule has 0 radical (unpaired) electrons. The molecule has 2 heterocycles. The molecule has 5 heteroatoms. The van der Waals surface area contributed by atoms with Crippen LogP contribution in [0.1, 0.15) is 19.8 Å². The molecule has 2 unspecified atom stereocenters. The first-order valence-corrected chi connectivity index (χ1v) is 8.86. The van der Waals surface area contributed by atoms with Gasteiger partial charge in [-0.25, -0.2) is 0 Å². The van der Waals surface area contributed by atoms with Gasteiger partial charge in [-0.05, 0) is 31.5 Å². The summed E-state index contributed by atoms with van der Waals surface area (Å²) in [6.07, 6.45) is 2.51. The Morgan fingerprint density at radius 2 is 2.08 bits per heavy atom. The average molecular weight is 335 g/mol. The molecule has 3 rings (SSSR count). The van der Waals surface area contributed by atoms with E-state index in [2.05, 4.69) is 11.8 Å². The van der Waals surface area contributed by atoms with Crippen molar-refractivity contribution in [2.24, 2.45) is 5.41 Å². The number of benzene rings is 1. The predicted octanol–water partition coefficient (Wildman–Crippen LogP) is 2.59. The molecule has 0 spiro atoms. The van der Waals surface area contributed by atoms with E-state index in [0.29, 0.717) is 19.8 Å². The second-order valence-corrected chi connectivity index (χ2v) is 7.19. The molecule has 5 nitrogen and oxygen atoms in total. The van der Waals surface area contributed by atoms with Gasteiger partial charge in [-0.15, -0.1) is 0 Å². The molecule has 0 N–H and O–H groups in total. The first kappa shape index (κ1) is 17.5. The van der Waals surface area contributed by atoms with E-state index in [4.69, 9.17) is 18.9 Å². The Kier molecular flexibility index (Phi) is 5.98. The highest BCUT2D eigenvalue weighted by atomic mass is 16.6. The minimum atomic E-state index is 0.0941. The van der Waals surface area contributed by atoms with Crippen molar-refractivity contribution in [2.45, 2.75) is 25.9 Å². The van der Waals surface area contributed by atoms with Crippen LogP contribution in [0.3, 0.4) is 0 Å². The maximum Gasteiger partial charge on any atom is 0.161 e. The number of hydrogen-bond donors (Lipinski definition) is 0. The standard InChI is InChI=1S/C19H29NO4/c1-19(15-22-11-10-21-2)8-5-9-20(14-19)12-16-13-23-17-6-3-4-7-18(17)24-16/h3-4,6-7,16H,5,8-15H2,1-2H3. The number of nitrogens with zero attached hydrogens (tertiary/aromatic N) is 1. The molecular weight excluding hydrogens is 306 g/mol. The Morgan fingerprint density at radius 1 is 1.25 bits per heavy atom. The highest BCUT2D eigenvalue weighted by molar-refractivity contribution is 5.40. The predicted molar refractivity (Wildman–Crippen MR) is 92.8 cm³/mol. The van der Waals surface area contributed by atoms with Gasteiger partial charge >= 0.3 is 0 Å². The molecule has 0 amide bonds. The van der Waals surface area contributed by atoms with Gasteiger partial charge in [0.25, 0.3) is 0 Å². The highest BCUT2D eigenvalue weighted by Gasteiger charge is 2.33. The lowest BCUT2D eigenvalue weighted by molar-refractivity contribution is -0.0249. The Morgan fingerprint density at radius 3 is 2.92 bits per heavy atom. The Labute approximate surface area is 144 Å². The average Bonchev–Trinajstić information content (AvgIpc) is 2.59. The summed E-state index contributed by atoms with van der Waals surface area (Å²) in [5.74, 6) is 1.71. The maximum atomic E-state index is 6.10. The highest BCUT2D eigenvalue weighted by Crippen LogP contribution is 2.33. The molecule has 134 valence electrons. The normalized spacial score (nSPS) is 27.2. The Balaban J connectivity index is 1.49. The smallest absolute Gasteiger partial charge is 0.161 e. The van der Waals surface area contributed by atoms with Crippen molar-refractivity contribution in [3.05, 3.63) is 24.3 Å². The number of methoxy groups -OCH3 is 1. The second kappa shape index (κ2) is 8.19. The Hall–Kier alpha value is -1.30. The molecule has 0 bridgehead atoms. The summed E-state index contributed by atoms with van der Waals surface area (Å²) in [4.78, 5) is 2.49. The molecule has 1 aromatic carbocycles. The van der Waals surface area contributed by atoms with Crippen LogP contribution in [0.25, 0.3) is 0 Å². The topological polar surface area (TPSA) is 40.2 Å². The summed E-state index contributed by atoms with van der Waals surface area (Å²) >= 11 is 0. The van der Waals surface area contributed by atoms with Crippen molar-refractivity contribution in [3.63, 3.8) is 0 Å². The number of fused-ring (bicyclic) bond motifs is 1. The molecule has 1 fully saturated rings. The van der Waals surface area contributed by atoms with E-state index in [1.165, 1.54) is 12.8 Å². The van der Waals surface area contributed by atoms with Crippen LogP contribution in [-0.2, 0) is 9.47 Å². The zero-order valence-corrected chi connectivity index (χ0v) is 14.8. The van der Waals surface area contributed by atoms with Crippen LogP contribution in [-0.4, -0.2) is 64.2 Å². The zero-order chi connectivity index (χ0) is 16.8. The Bertz CT molecular complexity index is 524. The maximum absolute atomic E-state index is 6.10. The summed E-state index contributed by atoms with van der Waals surface area (Å²) in [5.41, 5.74) is 0.208. The van der Waals surface area contributed by atoms with Crippen molar-refractivity contribution in [2.75, 3.05) is 53.2 Å². The molecule has 2 atom stereocenters. The van der Waals surface area contributed by atoms with E-state index in [0.717, 1.165) is 37.7 Å². The van der Waals surface area contributed by atoms with Crippen molar-refractivity contribution < 1.29 is 18.9 Å². The van der Waals surface area contributed by atoms with Crippen LogP contribution in [0.4, 0.5) is 0 Å². The fourth-order valence-corrected chi connectivity index (χ4v) is 3.60. The van der Waals surface area contributed by atoms with Gasteiger partial charge in [0.15, 0.2) is 11.5 Å². The molecule has 0 saturated carbocycles. The summed E-state index contributed by atoms with van der Waals surface area (Å²) in [6.45, 7) is 8.12. The van der Waals surface area contributed by atoms with Crippen LogP contribution in [0.15, 0.2) is 24.3 Å². The van der Waals surface area contributed by atoms with Crippen molar-refractivity contribution in [3.8, 4) is 11.5 Å².